The van der Waals surface area contributed by atoms with Gasteiger partial charge in [-0.1, -0.05) is 13.8 Å². The maximum absolute atomic E-state index is 11.9. The molecule has 19 heavy (non-hydrogen) atoms. The molecule has 1 unspecified atom stereocenters. The molecule has 2 amide bonds. The van der Waals surface area contributed by atoms with Crippen LogP contribution in [0.5, 0.6) is 0 Å². The van der Waals surface area contributed by atoms with Crippen LogP contribution in [-0.4, -0.2) is 56.6 Å². The minimum absolute atomic E-state index is 0.0393. The van der Waals surface area contributed by atoms with Gasteiger partial charge in [0.1, 0.15) is 0 Å². The van der Waals surface area contributed by atoms with Gasteiger partial charge in [0.05, 0.1) is 12.6 Å². The van der Waals surface area contributed by atoms with E-state index in [1.165, 1.54) is 4.90 Å². The highest BCUT2D eigenvalue weighted by atomic mass is 16.5. The number of rotatable bonds is 9. The highest BCUT2D eigenvalue weighted by Gasteiger charge is 2.20. The maximum atomic E-state index is 11.9. The van der Waals surface area contributed by atoms with Crippen LogP contribution in [0.2, 0.25) is 0 Å². The molecule has 0 aromatic rings. The lowest BCUT2D eigenvalue weighted by Crippen LogP contribution is -2.46. The minimum atomic E-state index is -0.536. The number of hydrogen-bond donors (Lipinski definition) is 2. The largest absolute Gasteiger partial charge is 0.385 e. The first kappa shape index (κ1) is 17.9. The molecule has 0 fully saturated rings. The van der Waals surface area contributed by atoms with E-state index >= 15 is 0 Å². The zero-order chi connectivity index (χ0) is 14.8. The lowest BCUT2D eigenvalue weighted by molar-refractivity contribution is -0.136. The van der Waals surface area contributed by atoms with Gasteiger partial charge in [-0.25, -0.2) is 0 Å². The Morgan fingerprint density at radius 2 is 2.00 bits per heavy atom. The normalized spacial score (nSPS) is 12.3. The molecule has 0 rings (SSSR count). The third-order valence-electron chi connectivity index (χ3n) is 2.65. The van der Waals surface area contributed by atoms with Crippen LogP contribution in [0.25, 0.3) is 0 Å². The van der Waals surface area contributed by atoms with E-state index in [0.29, 0.717) is 25.5 Å². The van der Waals surface area contributed by atoms with Crippen molar-refractivity contribution in [3.05, 3.63) is 0 Å². The van der Waals surface area contributed by atoms with Crippen LogP contribution < -0.4 is 11.1 Å². The standard InChI is InChI=1S/C13H27N3O3/c1-10(2)8-11(14)13(18)16(3)9-12(17)15-6-5-7-19-4/h10-11H,5-9,14H2,1-4H3,(H,15,17). The summed E-state index contributed by atoms with van der Waals surface area (Å²) >= 11 is 0. The van der Waals surface area contributed by atoms with Crippen LogP contribution in [0.4, 0.5) is 0 Å². The molecule has 0 aromatic heterocycles. The first-order chi connectivity index (χ1) is 8.88. The molecule has 0 spiro atoms. The summed E-state index contributed by atoms with van der Waals surface area (Å²) in [7, 11) is 3.21. The summed E-state index contributed by atoms with van der Waals surface area (Å²) in [4.78, 5) is 24.8. The highest BCUT2D eigenvalue weighted by Crippen LogP contribution is 2.04. The molecule has 0 saturated heterocycles. The summed E-state index contributed by atoms with van der Waals surface area (Å²) < 4.78 is 4.88. The SMILES string of the molecule is COCCCNC(=O)CN(C)C(=O)C(N)CC(C)C. The number of carbonyl (C=O) groups is 2. The van der Waals surface area contributed by atoms with Gasteiger partial charge in [0.15, 0.2) is 0 Å². The second-order valence-corrected chi connectivity index (χ2v) is 5.13. The number of hydrogen-bond acceptors (Lipinski definition) is 4. The molecule has 0 aliphatic heterocycles. The number of carbonyl (C=O) groups excluding carboxylic acids is 2. The van der Waals surface area contributed by atoms with Gasteiger partial charge in [-0.05, 0) is 18.8 Å². The monoisotopic (exact) mass is 273 g/mol. The molecule has 6 nitrogen and oxygen atoms in total. The van der Waals surface area contributed by atoms with E-state index in [1.54, 1.807) is 14.2 Å². The van der Waals surface area contributed by atoms with Crippen LogP contribution in [0.1, 0.15) is 26.7 Å². The van der Waals surface area contributed by atoms with Gasteiger partial charge in [0, 0.05) is 27.3 Å². The van der Waals surface area contributed by atoms with Crippen molar-refractivity contribution in [1.29, 1.82) is 0 Å². The minimum Gasteiger partial charge on any atom is -0.385 e. The Morgan fingerprint density at radius 3 is 2.53 bits per heavy atom. The maximum Gasteiger partial charge on any atom is 0.239 e. The summed E-state index contributed by atoms with van der Waals surface area (Å²) in [5.74, 6) is -0.0142. The summed E-state index contributed by atoms with van der Waals surface area (Å²) in [6.07, 6.45) is 1.38. The second kappa shape index (κ2) is 9.75. The van der Waals surface area contributed by atoms with Gasteiger partial charge in [-0.2, -0.15) is 0 Å². The molecule has 112 valence electrons. The Bertz CT molecular complexity index is 282. The van der Waals surface area contributed by atoms with Gasteiger partial charge in [0.25, 0.3) is 0 Å². The molecule has 0 aromatic carbocycles. The molecule has 3 N–H and O–H groups in total. The van der Waals surface area contributed by atoms with E-state index in [1.807, 2.05) is 13.8 Å². The first-order valence-corrected chi connectivity index (χ1v) is 6.64. The quantitative estimate of drug-likeness (QED) is 0.578. The van der Waals surface area contributed by atoms with E-state index in [9.17, 15) is 9.59 Å². The van der Waals surface area contributed by atoms with Gasteiger partial charge >= 0.3 is 0 Å². The fourth-order valence-corrected chi connectivity index (χ4v) is 1.69. The highest BCUT2D eigenvalue weighted by molar-refractivity contribution is 5.87. The second-order valence-electron chi connectivity index (χ2n) is 5.13. The van der Waals surface area contributed by atoms with E-state index in [4.69, 9.17) is 10.5 Å². The Hall–Kier alpha value is -1.14. The fourth-order valence-electron chi connectivity index (χ4n) is 1.69. The predicted octanol–water partition coefficient (Wildman–Crippen LogP) is -0.0291. The molecule has 6 heteroatoms. The number of amides is 2. The van der Waals surface area contributed by atoms with Gasteiger partial charge < -0.3 is 20.7 Å². The number of ether oxygens (including phenoxy) is 1. The summed E-state index contributed by atoms with van der Waals surface area (Å²) in [6, 6.07) is -0.536. The summed E-state index contributed by atoms with van der Waals surface area (Å²) in [5, 5.41) is 2.73. The van der Waals surface area contributed by atoms with E-state index in [2.05, 4.69) is 5.32 Å². The third kappa shape index (κ3) is 8.56. The zero-order valence-corrected chi connectivity index (χ0v) is 12.4. The van der Waals surface area contributed by atoms with Crippen molar-refractivity contribution < 1.29 is 14.3 Å². The first-order valence-electron chi connectivity index (χ1n) is 6.64. The molecule has 0 aliphatic carbocycles. The Labute approximate surface area is 115 Å². The third-order valence-corrected chi connectivity index (χ3v) is 2.65. The van der Waals surface area contributed by atoms with E-state index in [-0.39, 0.29) is 18.4 Å². The van der Waals surface area contributed by atoms with Crippen molar-refractivity contribution >= 4 is 11.8 Å². The summed E-state index contributed by atoms with van der Waals surface area (Å²) in [6.45, 7) is 5.21. The van der Waals surface area contributed by atoms with Gasteiger partial charge in [-0.15, -0.1) is 0 Å². The van der Waals surface area contributed by atoms with Crippen LogP contribution in [0.3, 0.4) is 0 Å². The van der Waals surface area contributed by atoms with Crippen molar-refractivity contribution in [3.63, 3.8) is 0 Å². The molecular weight excluding hydrogens is 246 g/mol. The van der Waals surface area contributed by atoms with Crippen molar-refractivity contribution in [2.75, 3.05) is 33.9 Å². The molecule has 0 saturated carbocycles. The molecular formula is C13H27N3O3. The van der Waals surface area contributed by atoms with Crippen LogP contribution in [0.15, 0.2) is 0 Å². The van der Waals surface area contributed by atoms with Crippen molar-refractivity contribution in [2.45, 2.75) is 32.7 Å². The Morgan fingerprint density at radius 1 is 1.37 bits per heavy atom. The van der Waals surface area contributed by atoms with Crippen molar-refractivity contribution in [1.82, 2.24) is 10.2 Å². The lowest BCUT2D eigenvalue weighted by atomic mass is 10.0. The lowest BCUT2D eigenvalue weighted by Gasteiger charge is -2.21. The average molecular weight is 273 g/mol. The number of nitrogens with zero attached hydrogens (tertiary/aromatic N) is 1. The van der Waals surface area contributed by atoms with Crippen LogP contribution in [0, 0.1) is 5.92 Å². The fraction of sp³-hybridized carbons (Fsp3) is 0.846. The predicted molar refractivity (Wildman–Crippen MR) is 74.6 cm³/mol. The van der Waals surface area contributed by atoms with Gasteiger partial charge in [0.2, 0.25) is 11.8 Å². The smallest absolute Gasteiger partial charge is 0.239 e. The number of likely N-dealkylation sites (N-methyl/N-ethyl adjacent to an activating group) is 1. The molecule has 0 aliphatic rings. The van der Waals surface area contributed by atoms with E-state index in [0.717, 1.165) is 6.42 Å². The summed E-state index contributed by atoms with van der Waals surface area (Å²) in [5.41, 5.74) is 5.80. The molecule has 0 bridgehead atoms. The Kier molecular flexibility index (Phi) is 9.16. The average Bonchev–Trinajstić information content (AvgIpc) is 2.32. The number of nitrogens with two attached hydrogens (primary N) is 1. The van der Waals surface area contributed by atoms with Crippen molar-refractivity contribution in [2.24, 2.45) is 11.7 Å². The molecule has 1 atom stereocenters. The van der Waals surface area contributed by atoms with Crippen molar-refractivity contribution in [3.8, 4) is 0 Å². The molecule has 0 radical (unpaired) electrons. The van der Waals surface area contributed by atoms with Crippen LogP contribution >= 0.6 is 0 Å². The zero-order valence-electron chi connectivity index (χ0n) is 12.4. The Balaban J connectivity index is 3.97. The van der Waals surface area contributed by atoms with E-state index < -0.39 is 6.04 Å². The molecule has 0 heterocycles. The number of methoxy groups -OCH3 is 1. The topological polar surface area (TPSA) is 84.7 Å². The van der Waals surface area contributed by atoms with Crippen LogP contribution in [-0.2, 0) is 14.3 Å². The van der Waals surface area contributed by atoms with Gasteiger partial charge in [-0.3, -0.25) is 9.59 Å². The number of nitrogens with one attached hydrogen (secondary N) is 1.